The molecule has 9 heteroatoms. The Kier molecular flexibility index (Phi) is 8.55. The van der Waals surface area contributed by atoms with Crippen molar-refractivity contribution in [3.63, 3.8) is 0 Å². The molecule has 0 aliphatic heterocycles. The largest absolute Gasteiger partial charge is 0.495 e. The SMILES string of the molecule is C=CCN(c1ccccc1OC)S(=O)(=O)c1cccc(C(=O)OCC(=O)c2cc(C)n(-c3ccccc3)c2C)c1. The van der Waals surface area contributed by atoms with Crippen molar-refractivity contribution in [3.05, 3.63) is 120 Å². The van der Waals surface area contributed by atoms with Crippen LogP contribution in [0, 0.1) is 13.8 Å². The second-order valence-electron chi connectivity index (χ2n) is 8.98. The van der Waals surface area contributed by atoms with Gasteiger partial charge in [-0.3, -0.25) is 9.10 Å². The molecular formula is C31H30N2O6S. The molecule has 3 aromatic carbocycles. The van der Waals surface area contributed by atoms with Gasteiger partial charge >= 0.3 is 5.97 Å². The molecule has 0 amide bonds. The summed E-state index contributed by atoms with van der Waals surface area (Å²) >= 11 is 0. The summed E-state index contributed by atoms with van der Waals surface area (Å²) in [6.07, 6.45) is 1.46. The highest BCUT2D eigenvalue weighted by Gasteiger charge is 2.27. The van der Waals surface area contributed by atoms with Gasteiger partial charge in [0.15, 0.2) is 6.61 Å². The molecule has 1 heterocycles. The van der Waals surface area contributed by atoms with Gasteiger partial charge in [0.05, 0.1) is 29.8 Å². The third-order valence-electron chi connectivity index (χ3n) is 6.39. The lowest BCUT2D eigenvalue weighted by molar-refractivity contribution is 0.0474. The van der Waals surface area contributed by atoms with E-state index in [2.05, 4.69) is 6.58 Å². The summed E-state index contributed by atoms with van der Waals surface area (Å²) in [7, 11) is -2.66. The molecule has 4 rings (SSSR count). The standard InChI is InChI=1S/C31H30N2O6S/c1-5-18-32(28-16-9-10-17-30(28)38-4)40(36,37)26-15-11-12-24(20-26)31(35)39-21-29(34)27-19-22(2)33(23(27)3)25-13-7-6-8-14-25/h5-17,19-20H,1,18,21H2,2-4H3. The lowest BCUT2D eigenvalue weighted by Crippen LogP contribution is -2.31. The number of ketones is 1. The topological polar surface area (TPSA) is 94.9 Å². The van der Waals surface area contributed by atoms with Crippen LogP contribution in [0.3, 0.4) is 0 Å². The number of rotatable bonds is 11. The van der Waals surface area contributed by atoms with Gasteiger partial charge in [0, 0.05) is 22.6 Å². The predicted octanol–water partition coefficient (Wildman–Crippen LogP) is 5.52. The van der Waals surface area contributed by atoms with Gasteiger partial charge in [-0.05, 0) is 62.4 Å². The highest BCUT2D eigenvalue weighted by atomic mass is 32.2. The van der Waals surface area contributed by atoms with Crippen molar-refractivity contribution in [2.75, 3.05) is 24.6 Å². The lowest BCUT2D eigenvalue weighted by atomic mass is 10.1. The van der Waals surface area contributed by atoms with E-state index in [9.17, 15) is 18.0 Å². The number of benzene rings is 3. The Bertz CT molecular complexity index is 1660. The average Bonchev–Trinajstić information content (AvgIpc) is 3.28. The Labute approximate surface area is 234 Å². The Morgan fingerprint density at radius 2 is 1.65 bits per heavy atom. The number of carbonyl (C=O) groups excluding carboxylic acids is 2. The van der Waals surface area contributed by atoms with Gasteiger partial charge in [-0.1, -0.05) is 42.5 Å². The summed E-state index contributed by atoms with van der Waals surface area (Å²) in [6.45, 7) is 6.90. The number of hydrogen-bond acceptors (Lipinski definition) is 6. The van der Waals surface area contributed by atoms with Crippen LogP contribution in [0.25, 0.3) is 5.69 Å². The van der Waals surface area contributed by atoms with Crippen LogP contribution in [-0.2, 0) is 14.8 Å². The van der Waals surface area contributed by atoms with Crippen molar-refractivity contribution in [2.45, 2.75) is 18.7 Å². The molecule has 206 valence electrons. The highest BCUT2D eigenvalue weighted by Crippen LogP contribution is 2.32. The maximum Gasteiger partial charge on any atom is 0.338 e. The molecule has 0 bridgehead atoms. The zero-order chi connectivity index (χ0) is 28.9. The predicted molar refractivity (Wildman–Crippen MR) is 154 cm³/mol. The molecule has 0 fully saturated rings. The first kappa shape index (κ1) is 28.4. The minimum absolute atomic E-state index is 0.00205. The molecule has 8 nitrogen and oxygen atoms in total. The fraction of sp³-hybridized carbons (Fsp3) is 0.161. The summed E-state index contributed by atoms with van der Waals surface area (Å²) in [5.74, 6) is -0.802. The molecule has 0 N–H and O–H groups in total. The van der Waals surface area contributed by atoms with Crippen molar-refractivity contribution >= 4 is 27.5 Å². The molecule has 0 spiro atoms. The second kappa shape index (κ2) is 12.0. The minimum atomic E-state index is -4.11. The molecule has 0 saturated heterocycles. The number of methoxy groups -OCH3 is 1. The summed E-state index contributed by atoms with van der Waals surface area (Å²) in [5, 5.41) is 0. The van der Waals surface area contributed by atoms with Crippen LogP contribution in [-0.4, -0.2) is 45.0 Å². The van der Waals surface area contributed by atoms with Crippen molar-refractivity contribution in [1.82, 2.24) is 4.57 Å². The van der Waals surface area contributed by atoms with E-state index in [0.29, 0.717) is 17.0 Å². The number of anilines is 1. The number of aromatic nitrogens is 1. The van der Waals surface area contributed by atoms with E-state index in [4.69, 9.17) is 9.47 Å². The van der Waals surface area contributed by atoms with E-state index in [1.165, 1.54) is 37.5 Å². The van der Waals surface area contributed by atoms with Gasteiger partial charge in [0.25, 0.3) is 10.0 Å². The van der Waals surface area contributed by atoms with E-state index in [1.807, 2.05) is 48.7 Å². The Balaban J connectivity index is 1.54. The van der Waals surface area contributed by atoms with E-state index in [1.54, 1.807) is 30.3 Å². The van der Waals surface area contributed by atoms with Crippen LogP contribution in [0.15, 0.2) is 102 Å². The smallest absolute Gasteiger partial charge is 0.338 e. The molecule has 0 saturated carbocycles. The molecule has 0 aliphatic rings. The monoisotopic (exact) mass is 558 g/mol. The second-order valence-corrected chi connectivity index (χ2v) is 10.8. The van der Waals surface area contributed by atoms with Crippen LogP contribution < -0.4 is 9.04 Å². The van der Waals surface area contributed by atoms with Gasteiger partial charge in [0.1, 0.15) is 5.75 Å². The van der Waals surface area contributed by atoms with E-state index in [0.717, 1.165) is 21.4 Å². The van der Waals surface area contributed by atoms with Crippen LogP contribution in [0.2, 0.25) is 0 Å². The fourth-order valence-electron chi connectivity index (χ4n) is 4.50. The molecule has 0 atom stereocenters. The quantitative estimate of drug-likeness (QED) is 0.137. The molecule has 4 aromatic rings. The molecular weight excluding hydrogens is 528 g/mol. The molecule has 1 aromatic heterocycles. The Morgan fingerprint density at radius 3 is 2.35 bits per heavy atom. The number of hydrogen-bond donors (Lipinski definition) is 0. The third kappa shape index (κ3) is 5.69. The fourth-order valence-corrected chi connectivity index (χ4v) is 5.99. The molecule has 0 unspecified atom stereocenters. The van der Waals surface area contributed by atoms with Crippen LogP contribution >= 0.6 is 0 Å². The third-order valence-corrected chi connectivity index (χ3v) is 8.16. The number of ether oxygens (including phenoxy) is 2. The number of esters is 1. The number of aryl methyl sites for hydroxylation is 1. The normalized spacial score (nSPS) is 11.1. The zero-order valence-corrected chi connectivity index (χ0v) is 23.4. The van der Waals surface area contributed by atoms with E-state index >= 15 is 0 Å². The number of sulfonamides is 1. The summed E-state index contributed by atoms with van der Waals surface area (Å²) < 4.78 is 41.0. The minimum Gasteiger partial charge on any atom is -0.495 e. The first-order valence-electron chi connectivity index (χ1n) is 12.5. The van der Waals surface area contributed by atoms with Crippen LogP contribution in [0.1, 0.15) is 32.1 Å². The van der Waals surface area contributed by atoms with Gasteiger partial charge in [-0.2, -0.15) is 0 Å². The zero-order valence-electron chi connectivity index (χ0n) is 22.5. The van der Waals surface area contributed by atoms with Crippen molar-refractivity contribution in [2.24, 2.45) is 0 Å². The van der Waals surface area contributed by atoms with Crippen LogP contribution in [0.4, 0.5) is 5.69 Å². The van der Waals surface area contributed by atoms with E-state index in [-0.39, 0.29) is 22.8 Å². The highest BCUT2D eigenvalue weighted by molar-refractivity contribution is 7.92. The number of carbonyl (C=O) groups is 2. The van der Waals surface area contributed by atoms with Crippen molar-refractivity contribution < 1.29 is 27.5 Å². The average molecular weight is 559 g/mol. The van der Waals surface area contributed by atoms with Crippen LogP contribution in [0.5, 0.6) is 5.75 Å². The Hall–Kier alpha value is -4.63. The summed E-state index contributed by atoms with van der Waals surface area (Å²) in [5.41, 5.74) is 3.30. The number of nitrogens with zero attached hydrogens (tertiary/aromatic N) is 2. The Morgan fingerprint density at radius 1 is 0.950 bits per heavy atom. The first-order valence-corrected chi connectivity index (χ1v) is 13.9. The van der Waals surface area contributed by atoms with Gasteiger partial charge in [-0.15, -0.1) is 6.58 Å². The first-order chi connectivity index (χ1) is 19.2. The molecule has 0 aliphatic carbocycles. The van der Waals surface area contributed by atoms with Gasteiger partial charge in [0.2, 0.25) is 5.78 Å². The summed E-state index contributed by atoms with van der Waals surface area (Å²) in [4.78, 5) is 25.8. The maximum atomic E-state index is 13.6. The van der Waals surface area contributed by atoms with Crippen molar-refractivity contribution in [1.29, 1.82) is 0 Å². The van der Waals surface area contributed by atoms with Gasteiger partial charge < -0.3 is 14.0 Å². The van der Waals surface area contributed by atoms with E-state index < -0.39 is 22.6 Å². The maximum absolute atomic E-state index is 13.6. The molecule has 40 heavy (non-hydrogen) atoms. The summed E-state index contributed by atoms with van der Waals surface area (Å²) in [6, 6.07) is 23.6. The number of Topliss-reactive ketones (excluding diaryl/α,β-unsaturated/α-hetero) is 1. The van der Waals surface area contributed by atoms with Gasteiger partial charge in [-0.25, -0.2) is 13.2 Å². The number of para-hydroxylation sites is 3. The van der Waals surface area contributed by atoms with Crippen molar-refractivity contribution in [3.8, 4) is 11.4 Å². The lowest BCUT2D eigenvalue weighted by Gasteiger charge is -2.25. The molecule has 0 radical (unpaired) electrons.